The van der Waals surface area contributed by atoms with Crippen LogP contribution < -0.4 is 0 Å². The fourth-order valence-corrected chi connectivity index (χ4v) is 7.73. The predicted molar refractivity (Wildman–Crippen MR) is 146 cm³/mol. The fraction of sp³-hybridized carbons (Fsp3) is 0.346. The quantitative estimate of drug-likeness (QED) is 0.299. The van der Waals surface area contributed by atoms with Crippen LogP contribution in [0.5, 0.6) is 0 Å². The van der Waals surface area contributed by atoms with Gasteiger partial charge >= 0.3 is 0 Å². The van der Waals surface area contributed by atoms with Crippen LogP contribution in [-0.4, -0.2) is 72.6 Å². The number of fused-ring (bicyclic) bond motifs is 1. The number of nitro groups is 1. The second-order valence-electron chi connectivity index (χ2n) is 9.45. The van der Waals surface area contributed by atoms with Gasteiger partial charge in [-0.2, -0.15) is 4.31 Å². The standard InChI is InChI=1S/C26H26ClFN4O5S2/c27-22-5-4-20(17-23(22)32(34)35)39(36,37)31-13-11-29(12-14-31)25(33)7-10-30-9-6-24-21(8-15-38-24)26(30)18-2-1-3-19(28)16-18/h1-5,8,15-17,26H,6-7,9-14H2/t26-/m1/s1. The van der Waals surface area contributed by atoms with Crippen molar-refractivity contribution in [2.75, 3.05) is 39.3 Å². The zero-order valence-corrected chi connectivity index (χ0v) is 23.2. The molecule has 2 aliphatic heterocycles. The number of halogens is 2. The Morgan fingerprint density at radius 1 is 1.10 bits per heavy atom. The maximum Gasteiger partial charge on any atom is 0.289 e. The number of rotatable bonds is 7. The zero-order valence-electron chi connectivity index (χ0n) is 20.8. The summed E-state index contributed by atoms with van der Waals surface area (Å²) in [6.07, 6.45) is 1.12. The van der Waals surface area contributed by atoms with Crippen molar-refractivity contribution in [1.82, 2.24) is 14.1 Å². The monoisotopic (exact) mass is 592 g/mol. The van der Waals surface area contributed by atoms with Crippen molar-refractivity contribution in [2.24, 2.45) is 0 Å². The van der Waals surface area contributed by atoms with E-state index in [1.165, 1.54) is 27.4 Å². The minimum atomic E-state index is -3.98. The molecule has 1 saturated heterocycles. The van der Waals surface area contributed by atoms with Crippen LogP contribution in [0.15, 0.2) is 58.8 Å². The second-order valence-corrected chi connectivity index (χ2v) is 12.8. The first kappa shape index (κ1) is 27.7. The first-order valence-electron chi connectivity index (χ1n) is 12.4. The van der Waals surface area contributed by atoms with Gasteiger partial charge in [0.15, 0.2) is 0 Å². The Balaban J connectivity index is 1.22. The molecular weight excluding hydrogens is 567 g/mol. The number of hydrogen-bond acceptors (Lipinski definition) is 7. The predicted octanol–water partition coefficient (Wildman–Crippen LogP) is 4.32. The molecule has 5 rings (SSSR count). The summed E-state index contributed by atoms with van der Waals surface area (Å²) in [6.45, 7) is 1.84. The highest BCUT2D eigenvalue weighted by atomic mass is 35.5. The van der Waals surface area contributed by atoms with Crippen LogP contribution in [0, 0.1) is 15.9 Å². The van der Waals surface area contributed by atoms with Crippen LogP contribution in [0.3, 0.4) is 0 Å². The lowest BCUT2D eigenvalue weighted by Gasteiger charge is -2.37. The van der Waals surface area contributed by atoms with Crippen molar-refractivity contribution >= 4 is 44.6 Å². The number of amides is 1. The van der Waals surface area contributed by atoms with Gasteiger partial charge in [-0.25, -0.2) is 12.8 Å². The van der Waals surface area contributed by atoms with Crippen LogP contribution in [-0.2, 0) is 21.2 Å². The molecule has 0 saturated carbocycles. The first-order chi connectivity index (χ1) is 18.6. The molecule has 0 spiro atoms. The van der Waals surface area contributed by atoms with E-state index < -0.39 is 20.6 Å². The molecular formula is C26H26ClFN4O5S2. The van der Waals surface area contributed by atoms with E-state index >= 15 is 0 Å². The van der Waals surface area contributed by atoms with Crippen molar-refractivity contribution in [2.45, 2.75) is 23.8 Å². The van der Waals surface area contributed by atoms with Gasteiger partial charge in [0, 0.05) is 56.6 Å². The molecule has 0 N–H and O–H groups in total. The SMILES string of the molecule is O=C(CCN1CCc2sccc2[C@H]1c1cccc(F)c1)N1CCN(S(=O)(=O)c2ccc(Cl)c([N+](=O)[O-])c2)CC1. The molecule has 39 heavy (non-hydrogen) atoms. The third-order valence-corrected chi connectivity index (χ3v) is 10.4. The summed E-state index contributed by atoms with van der Waals surface area (Å²) in [5.41, 5.74) is 1.52. The number of sulfonamides is 1. The van der Waals surface area contributed by atoms with Gasteiger partial charge in [0.05, 0.1) is 15.9 Å². The highest BCUT2D eigenvalue weighted by Crippen LogP contribution is 2.38. The van der Waals surface area contributed by atoms with Crippen molar-refractivity contribution < 1.29 is 22.5 Å². The molecule has 1 aromatic heterocycles. The number of nitro benzene ring substituents is 1. The highest BCUT2D eigenvalue weighted by Gasteiger charge is 2.33. The molecule has 0 unspecified atom stereocenters. The highest BCUT2D eigenvalue weighted by molar-refractivity contribution is 7.89. The average molecular weight is 593 g/mol. The molecule has 0 bridgehead atoms. The molecule has 2 aromatic carbocycles. The lowest BCUT2D eigenvalue weighted by atomic mass is 9.93. The van der Waals surface area contributed by atoms with E-state index in [0.29, 0.717) is 6.54 Å². The topological polar surface area (TPSA) is 104 Å². The number of hydrogen-bond donors (Lipinski definition) is 0. The van der Waals surface area contributed by atoms with E-state index in [2.05, 4.69) is 11.0 Å². The van der Waals surface area contributed by atoms with Gasteiger partial charge < -0.3 is 4.90 Å². The molecule has 1 atom stereocenters. The third kappa shape index (κ3) is 5.71. The van der Waals surface area contributed by atoms with Gasteiger partial charge in [-0.3, -0.25) is 19.8 Å². The molecule has 0 aliphatic carbocycles. The number of thiophene rings is 1. The summed E-state index contributed by atoms with van der Waals surface area (Å²) in [7, 11) is -3.98. The van der Waals surface area contributed by atoms with Crippen LogP contribution in [0.25, 0.3) is 0 Å². The first-order valence-corrected chi connectivity index (χ1v) is 15.1. The van der Waals surface area contributed by atoms with Crippen molar-refractivity contribution in [3.8, 4) is 0 Å². The van der Waals surface area contributed by atoms with Crippen molar-refractivity contribution in [1.29, 1.82) is 0 Å². The number of nitrogens with zero attached hydrogens (tertiary/aromatic N) is 4. The summed E-state index contributed by atoms with van der Waals surface area (Å²) in [6, 6.07) is 11.9. The molecule has 206 valence electrons. The molecule has 9 nitrogen and oxygen atoms in total. The average Bonchev–Trinajstić information content (AvgIpc) is 3.40. The van der Waals surface area contributed by atoms with Gasteiger partial charge in [0.2, 0.25) is 15.9 Å². The molecule has 13 heteroatoms. The number of carbonyl (C=O) groups is 1. The van der Waals surface area contributed by atoms with Crippen LogP contribution in [0.1, 0.15) is 28.5 Å². The Hall–Kier alpha value is -2.90. The van der Waals surface area contributed by atoms with Crippen LogP contribution in [0.4, 0.5) is 10.1 Å². The molecule has 1 amide bonds. The van der Waals surface area contributed by atoms with E-state index in [1.807, 2.05) is 11.4 Å². The minimum absolute atomic E-state index is 0.0803. The lowest BCUT2D eigenvalue weighted by Crippen LogP contribution is -2.51. The largest absolute Gasteiger partial charge is 0.340 e. The number of carbonyl (C=O) groups excluding carboxylic acids is 1. The zero-order chi connectivity index (χ0) is 27.7. The van der Waals surface area contributed by atoms with Crippen LogP contribution >= 0.6 is 22.9 Å². The minimum Gasteiger partial charge on any atom is -0.340 e. The van der Waals surface area contributed by atoms with E-state index in [-0.39, 0.29) is 60.3 Å². The lowest BCUT2D eigenvalue weighted by molar-refractivity contribution is -0.384. The normalized spacial score (nSPS) is 18.6. The molecule has 0 radical (unpaired) electrons. The molecule has 3 heterocycles. The smallest absolute Gasteiger partial charge is 0.289 e. The van der Waals surface area contributed by atoms with Gasteiger partial charge in [-0.15, -0.1) is 11.3 Å². The van der Waals surface area contributed by atoms with Gasteiger partial charge in [0.1, 0.15) is 10.8 Å². The summed E-state index contributed by atoms with van der Waals surface area (Å²) >= 11 is 7.51. The van der Waals surface area contributed by atoms with E-state index in [0.717, 1.165) is 30.2 Å². The Morgan fingerprint density at radius 2 is 1.87 bits per heavy atom. The number of piperazine rings is 1. The van der Waals surface area contributed by atoms with Gasteiger partial charge in [0.25, 0.3) is 5.69 Å². The maximum absolute atomic E-state index is 14.0. The van der Waals surface area contributed by atoms with Crippen molar-refractivity contribution in [3.05, 3.63) is 90.9 Å². The Kier molecular flexibility index (Phi) is 8.01. The second kappa shape index (κ2) is 11.3. The van der Waals surface area contributed by atoms with E-state index in [1.54, 1.807) is 28.4 Å². The fourth-order valence-electron chi connectivity index (χ4n) is 5.19. The van der Waals surface area contributed by atoms with Gasteiger partial charge in [-0.1, -0.05) is 23.7 Å². The van der Waals surface area contributed by atoms with E-state index in [9.17, 15) is 27.7 Å². The summed E-state index contributed by atoms with van der Waals surface area (Å²) in [5, 5.41) is 13.1. The van der Waals surface area contributed by atoms with Gasteiger partial charge in [-0.05, 0) is 53.3 Å². The Morgan fingerprint density at radius 3 is 2.59 bits per heavy atom. The summed E-state index contributed by atoms with van der Waals surface area (Å²) < 4.78 is 41.4. The summed E-state index contributed by atoms with van der Waals surface area (Å²) in [5.74, 6) is -0.379. The Bertz CT molecular complexity index is 1510. The molecule has 1 fully saturated rings. The maximum atomic E-state index is 14.0. The third-order valence-electron chi connectivity index (χ3n) is 7.19. The van der Waals surface area contributed by atoms with Crippen LogP contribution in [0.2, 0.25) is 5.02 Å². The number of benzene rings is 2. The molecule has 2 aliphatic rings. The van der Waals surface area contributed by atoms with Crippen molar-refractivity contribution in [3.63, 3.8) is 0 Å². The molecule has 3 aromatic rings. The van der Waals surface area contributed by atoms with E-state index in [4.69, 9.17) is 11.6 Å². The Labute approximate surface area is 234 Å². The summed E-state index contributed by atoms with van der Waals surface area (Å²) in [4.78, 5) is 28.5.